The van der Waals surface area contributed by atoms with Crippen LogP contribution in [0.4, 0.5) is 14.5 Å². The topological polar surface area (TPSA) is 32.3 Å². The number of benzene rings is 2. The summed E-state index contributed by atoms with van der Waals surface area (Å²) in [5.41, 5.74) is 1.18. The highest BCUT2D eigenvalue weighted by Gasteiger charge is 2.13. The van der Waals surface area contributed by atoms with Gasteiger partial charge in [0.1, 0.15) is 11.6 Å². The fourth-order valence-electron chi connectivity index (χ4n) is 2.39. The summed E-state index contributed by atoms with van der Waals surface area (Å²) < 4.78 is 26.4. The van der Waals surface area contributed by atoms with Gasteiger partial charge in [-0.15, -0.1) is 0 Å². The second-order valence-electron chi connectivity index (χ2n) is 5.97. The van der Waals surface area contributed by atoms with Crippen molar-refractivity contribution in [3.05, 3.63) is 65.7 Å². The van der Waals surface area contributed by atoms with Gasteiger partial charge in [-0.1, -0.05) is 30.3 Å². The van der Waals surface area contributed by atoms with Gasteiger partial charge < -0.3 is 5.32 Å². The van der Waals surface area contributed by atoms with Gasteiger partial charge in [0, 0.05) is 31.6 Å². The molecule has 0 fully saturated rings. The molecule has 0 spiro atoms. The van der Waals surface area contributed by atoms with Crippen LogP contribution in [0.15, 0.2) is 48.5 Å². The average molecular weight is 332 g/mol. The van der Waals surface area contributed by atoms with Crippen molar-refractivity contribution in [1.29, 1.82) is 0 Å². The van der Waals surface area contributed by atoms with Gasteiger partial charge in [-0.25, -0.2) is 8.78 Å². The summed E-state index contributed by atoms with van der Waals surface area (Å²) in [6.45, 7) is 5.44. The molecule has 3 nitrogen and oxygen atoms in total. The van der Waals surface area contributed by atoms with Gasteiger partial charge in [0.15, 0.2) is 0 Å². The summed E-state index contributed by atoms with van der Waals surface area (Å²) in [4.78, 5) is 14.2. The van der Waals surface area contributed by atoms with E-state index in [4.69, 9.17) is 0 Å². The summed E-state index contributed by atoms with van der Waals surface area (Å²) in [5.74, 6) is -1.73. The molecular weight excluding hydrogens is 310 g/mol. The molecule has 128 valence electrons. The van der Waals surface area contributed by atoms with Crippen LogP contribution < -0.4 is 5.32 Å². The van der Waals surface area contributed by atoms with E-state index in [1.54, 1.807) is 0 Å². The number of amides is 1. The number of carbonyl (C=O) groups excluding carboxylic acids is 1. The molecule has 0 radical (unpaired) electrons. The molecule has 2 aromatic rings. The SMILES string of the molecule is CC(C)N(CCC(=O)Nc1ccc(F)cc1F)Cc1ccccc1. The summed E-state index contributed by atoms with van der Waals surface area (Å²) >= 11 is 0. The quantitative estimate of drug-likeness (QED) is 0.824. The van der Waals surface area contributed by atoms with Gasteiger partial charge in [0.25, 0.3) is 0 Å². The van der Waals surface area contributed by atoms with Crippen LogP contribution in [0.1, 0.15) is 25.8 Å². The molecule has 0 aliphatic rings. The van der Waals surface area contributed by atoms with E-state index in [2.05, 4.69) is 24.1 Å². The van der Waals surface area contributed by atoms with E-state index >= 15 is 0 Å². The zero-order valence-corrected chi connectivity index (χ0v) is 13.9. The van der Waals surface area contributed by atoms with Gasteiger partial charge in [0.2, 0.25) is 5.91 Å². The fraction of sp³-hybridized carbons (Fsp3) is 0.316. The van der Waals surface area contributed by atoms with Crippen molar-refractivity contribution in [2.75, 3.05) is 11.9 Å². The molecule has 1 amide bonds. The van der Waals surface area contributed by atoms with Gasteiger partial charge in [0.05, 0.1) is 5.69 Å². The molecule has 0 heterocycles. The van der Waals surface area contributed by atoms with Crippen molar-refractivity contribution in [1.82, 2.24) is 4.90 Å². The van der Waals surface area contributed by atoms with Gasteiger partial charge in [-0.3, -0.25) is 9.69 Å². The Labute approximate surface area is 141 Å². The molecule has 1 N–H and O–H groups in total. The van der Waals surface area contributed by atoms with E-state index in [-0.39, 0.29) is 24.1 Å². The summed E-state index contributed by atoms with van der Waals surface area (Å²) in [7, 11) is 0. The van der Waals surface area contributed by atoms with Crippen LogP contribution in [-0.2, 0) is 11.3 Å². The lowest BCUT2D eigenvalue weighted by molar-refractivity contribution is -0.116. The van der Waals surface area contributed by atoms with E-state index in [9.17, 15) is 13.6 Å². The molecule has 0 atom stereocenters. The Bertz CT molecular complexity index is 674. The van der Waals surface area contributed by atoms with Crippen molar-refractivity contribution in [2.45, 2.75) is 32.9 Å². The van der Waals surface area contributed by atoms with Crippen molar-refractivity contribution >= 4 is 11.6 Å². The monoisotopic (exact) mass is 332 g/mol. The molecular formula is C19H22F2N2O. The molecule has 0 unspecified atom stereocenters. The summed E-state index contributed by atoms with van der Waals surface area (Å²) in [6, 6.07) is 13.4. The minimum Gasteiger partial charge on any atom is -0.324 e. The van der Waals surface area contributed by atoms with E-state index < -0.39 is 11.6 Å². The number of hydrogen-bond acceptors (Lipinski definition) is 2. The lowest BCUT2D eigenvalue weighted by atomic mass is 10.2. The van der Waals surface area contributed by atoms with Crippen LogP contribution in [0.2, 0.25) is 0 Å². The van der Waals surface area contributed by atoms with Gasteiger partial charge in [-0.2, -0.15) is 0 Å². The third kappa shape index (κ3) is 5.42. The average Bonchev–Trinajstić information content (AvgIpc) is 2.55. The fourth-order valence-corrected chi connectivity index (χ4v) is 2.39. The van der Waals surface area contributed by atoms with E-state index in [1.807, 2.05) is 30.3 Å². The summed E-state index contributed by atoms with van der Waals surface area (Å²) in [6.07, 6.45) is 0.238. The Balaban J connectivity index is 1.90. The number of nitrogens with one attached hydrogen (secondary N) is 1. The molecule has 0 saturated carbocycles. The lowest BCUT2D eigenvalue weighted by Gasteiger charge is -2.26. The highest BCUT2D eigenvalue weighted by Crippen LogP contribution is 2.15. The van der Waals surface area contributed by atoms with Gasteiger partial charge in [-0.05, 0) is 31.5 Å². The van der Waals surface area contributed by atoms with Crippen molar-refractivity contribution in [3.63, 3.8) is 0 Å². The molecule has 2 rings (SSSR count). The third-order valence-electron chi connectivity index (χ3n) is 3.79. The maximum atomic E-state index is 13.6. The number of nitrogens with zero attached hydrogens (tertiary/aromatic N) is 1. The molecule has 0 bridgehead atoms. The molecule has 0 aliphatic heterocycles. The highest BCUT2D eigenvalue weighted by atomic mass is 19.1. The van der Waals surface area contributed by atoms with E-state index in [1.165, 1.54) is 11.6 Å². The predicted octanol–water partition coefficient (Wildman–Crippen LogP) is 4.20. The highest BCUT2D eigenvalue weighted by molar-refractivity contribution is 5.90. The third-order valence-corrected chi connectivity index (χ3v) is 3.79. The number of rotatable bonds is 7. The Kier molecular flexibility index (Phi) is 6.44. The maximum Gasteiger partial charge on any atom is 0.225 e. The number of hydrogen-bond donors (Lipinski definition) is 1. The van der Waals surface area contributed by atoms with Crippen LogP contribution in [0, 0.1) is 11.6 Å². The Hall–Kier alpha value is -2.27. The molecule has 24 heavy (non-hydrogen) atoms. The molecule has 0 aliphatic carbocycles. The minimum atomic E-state index is -0.770. The first kappa shape index (κ1) is 18.1. The molecule has 0 saturated heterocycles. The van der Waals surface area contributed by atoms with Crippen LogP contribution in [0.25, 0.3) is 0 Å². The minimum absolute atomic E-state index is 0.000515. The van der Waals surface area contributed by atoms with Crippen LogP contribution in [0.5, 0.6) is 0 Å². The van der Waals surface area contributed by atoms with Crippen molar-refractivity contribution in [3.8, 4) is 0 Å². The predicted molar refractivity (Wildman–Crippen MR) is 91.6 cm³/mol. The summed E-state index contributed by atoms with van der Waals surface area (Å²) in [5, 5.41) is 2.49. The standard InChI is InChI=1S/C19H22F2N2O/c1-14(2)23(13-15-6-4-3-5-7-15)11-10-19(24)22-18-9-8-16(20)12-17(18)21/h3-9,12,14H,10-11,13H2,1-2H3,(H,22,24). The Morgan fingerprint density at radius 3 is 2.46 bits per heavy atom. The second-order valence-corrected chi connectivity index (χ2v) is 5.97. The number of carbonyl (C=O) groups is 1. The van der Waals surface area contributed by atoms with E-state index in [0.29, 0.717) is 6.54 Å². The van der Waals surface area contributed by atoms with Crippen LogP contribution in [0.3, 0.4) is 0 Å². The smallest absolute Gasteiger partial charge is 0.225 e. The number of halogens is 2. The normalized spacial score (nSPS) is 11.1. The molecule has 5 heteroatoms. The maximum absolute atomic E-state index is 13.6. The largest absolute Gasteiger partial charge is 0.324 e. The Morgan fingerprint density at radius 1 is 1.12 bits per heavy atom. The first-order chi connectivity index (χ1) is 11.5. The second kappa shape index (κ2) is 8.55. The number of anilines is 1. The molecule has 0 aromatic heterocycles. The Morgan fingerprint density at radius 2 is 1.83 bits per heavy atom. The van der Waals surface area contributed by atoms with Crippen molar-refractivity contribution < 1.29 is 13.6 Å². The lowest BCUT2D eigenvalue weighted by Crippen LogP contribution is -2.33. The van der Waals surface area contributed by atoms with Crippen LogP contribution in [-0.4, -0.2) is 23.4 Å². The van der Waals surface area contributed by atoms with E-state index in [0.717, 1.165) is 18.7 Å². The molecule has 2 aromatic carbocycles. The zero-order valence-electron chi connectivity index (χ0n) is 13.9. The van der Waals surface area contributed by atoms with Crippen LogP contribution >= 0.6 is 0 Å². The zero-order chi connectivity index (χ0) is 17.5. The first-order valence-electron chi connectivity index (χ1n) is 7.98. The van der Waals surface area contributed by atoms with Crippen molar-refractivity contribution in [2.24, 2.45) is 0 Å². The first-order valence-corrected chi connectivity index (χ1v) is 7.98. The van der Waals surface area contributed by atoms with Gasteiger partial charge >= 0.3 is 0 Å².